The molecule has 170 valence electrons. The molecular weight excluding hydrogens is 420 g/mol. The van der Waals surface area contributed by atoms with Crippen molar-refractivity contribution in [2.75, 3.05) is 23.3 Å². The van der Waals surface area contributed by atoms with Crippen LogP contribution < -0.4 is 19.5 Å². The fourth-order valence-electron chi connectivity index (χ4n) is 2.78. The van der Waals surface area contributed by atoms with Crippen LogP contribution in [0.4, 0.5) is 11.4 Å². The third-order valence-electron chi connectivity index (χ3n) is 4.44. The summed E-state index contributed by atoms with van der Waals surface area (Å²) in [7, 11) is -3.98. The van der Waals surface area contributed by atoms with Gasteiger partial charge in [-0.15, -0.1) is 0 Å². The van der Waals surface area contributed by atoms with Gasteiger partial charge in [0, 0.05) is 17.8 Å². The summed E-state index contributed by atoms with van der Waals surface area (Å²) in [6.07, 6.45) is -1.18. The van der Waals surface area contributed by atoms with Crippen molar-refractivity contribution in [3.05, 3.63) is 42.0 Å². The lowest BCUT2D eigenvalue weighted by Gasteiger charge is -2.17. The van der Waals surface area contributed by atoms with Crippen molar-refractivity contribution in [3.8, 4) is 11.5 Å². The minimum atomic E-state index is -3.98. The van der Waals surface area contributed by atoms with E-state index in [0.717, 1.165) is 5.56 Å². The number of aliphatic hydroxyl groups excluding tert-OH is 1. The van der Waals surface area contributed by atoms with Crippen LogP contribution in [0, 0.1) is 12.8 Å². The Kier molecular flexibility index (Phi) is 8.29. The smallest absolute Gasteiger partial charge is 0.265 e. The van der Waals surface area contributed by atoms with E-state index in [1.165, 1.54) is 18.2 Å². The van der Waals surface area contributed by atoms with Crippen LogP contribution in [0.25, 0.3) is 0 Å². The number of nitrogens with one attached hydrogen (secondary N) is 2. The highest BCUT2D eigenvalue weighted by Crippen LogP contribution is 2.31. The Hall–Kier alpha value is -2.78. The Bertz CT molecular complexity index is 1020. The second-order valence-corrected chi connectivity index (χ2v) is 8.94. The van der Waals surface area contributed by atoms with Crippen LogP contribution in [0.3, 0.4) is 0 Å². The van der Waals surface area contributed by atoms with Gasteiger partial charge in [0.05, 0.1) is 18.9 Å². The van der Waals surface area contributed by atoms with Gasteiger partial charge in [0.15, 0.2) is 0 Å². The molecule has 0 fully saturated rings. The first-order valence-electron chi connectivity index (χ1n) is 10.1. The molecule has 0 aliphatic heterocycles. The molecule has 2 rings (SSSR count). The lowest BCUT2D eigenvalue weighted by Crippen LogP contribution is -2.31. The zero-order valence-electron chi connectivity index (χ0n) is 18.4. The number of carbonyl (C=O) groups excluding carboxylic acids is 1. The number of hydrogen-bond acceptors (Lipinski definition) is 6. The summed E-state index contributed by atoms with van der Waals surface area (Å²) in [4.78, 5) is 12.0. The van der Waals surface area contributed by atoms with Crippen molar-refractivity contribution in [2.24, 2.45) is 5.92 Å². The molecule has 2 aromatic carbocycles. The molecule has 0 spiro atoms. The maximum Gasteiger partial charge on any atom is 0.265 e. The summed E-state index contributed by atoms with van der Waals surface area (Å²) < 4.78 is 39.6. The molecule has 31 heavy (non-hydrogen) atoms. The number of benzene rings is 2. The second kappa shape index (κ2) is 10.5. The minimum Gasteiger partial charge on any atom is -0.494 e. The first kappa shape index (κ1) is 24.5. The molecule has 0 saturated carbocycles. The normalized spacial score (nSPS) is 12.4. The van der Waals surface area contributed by atoms with E-state index in [0.29, 0.717) is 23.7 Å². The molecule has 9 heteroatoms. The lowest BCUT2D eigenvalue weighted by molar-refractivity contribution is -0.125. The van der Waals surface area contributed by atoms with Gasteiger partial charge in [0.2, 0.25) is 0 Å². The predicted octanol–water partition coefficient (Wildman–Crippen LogP) is 3.55. The van der Waals surface area contributed by atoms with E-state index in [9.17, 15) is 18.3 Å². The van der Waals surface area contributed by atoms with Gasteiger partial charge in [-0.25, -0.2) is 8.42 Å². The van der Waals surface area contributed by atoms with Gasteiger partial charge in [0.1, 0.15) is 22.5 Å². The fourth-order valence-corrected chi connectivity index (χ4v) is 3.96. The van der Waals surface area contributed by atoms with Crippen LogP contribution >= 0.6 is 0 Å². The summed E-state index contributed by atoms with van der Waals surface area (Å²) in [5, 5.41) is 12.5. The third-order valence-corrected chi connectivity index (χ3v) is 5.86. The van der Waals surface area contributed by atoms with Crippen molar-refractivity contribution < 1.29 is 27.8 Å². The van der Waals surface area contributed by atoms with E-state index in [1.807, 2.05) is 13.8 Å². The summed E-state index contributed by atoms with van der Waals surface area (Å²) in [5.74, 6) is -0.154. The highest BCUT2D eigenvalue weighted by atomic mass is 32.2. The standard InChI is InChI=1S/C22H30N2O6S/c1-6-29-18-13-17(9-8-15(18)5)24-31(27,28)20-11-10-16(12-19(20)30-7-2)23-22(26)21(25)14(3)4/h8-14,21,24-25H,6-7H2,1-5H3,(H,23,26)/t21-/m0/s1. The van der Waals surface area contributed by atoms with Crippen LogP contribution in [0.1, 0.15) is 33.3 Å². The molecule has 0 aliphatic rings. The number of aryl methyl sites for hydroxylation is 1. The number of aliphatic hydroxyl groups is 1. The largest absolute Gasteiger partial charge is 0.494 e. The molecule has 1 atom stereocenters. The van der Waals surface area contributed by atoms with E-state index < -0.39 is 22.0 Å². The van der Waals surface area contributed by atoms with Gasteiger partial charge in [-0.1, -0.05) is 19.9 Å². The number of anilines is 2. The van der Waals surface area contributed by atoms with E-state index >= 15 is 0 Å². The number of rotatable bonds is 10. The molecule has 2 aromatic rings. The Morgan fingerprint density at radius 1 is 1.00 bits per heavy atom. The number of hydrogen-bond donors (Lipinski definition) is 3. The molecule has 0 heterocycles. The molecule has 0 radical (unpaired) electrons. The summed E-state index contributed by atoms with van der Waals surface area (Å²) in [6.45, 7) is 9.59. The molecule has 0 bridgehead atoms. The van der Waals surface area contributed by atoms with Crippen molar-refractivity contribution >= 4 is 27.3 Å². The van der Waals surface area contributed by atoms with Gasteiger partial charge in [-0.3, -0.25) is 9.52 Å². The van der Waals surface area contributed by atoms with Crippen LogP contribution in [0.2, 0.25) is 0 Å². The highest BCUT2D eigenvalue weighted by Gasteiger charge is 2.23. The summed E-state index contributed by atoms with van der Waals surface area (Å²) in [6, 6.07) is 9.26. The average molecular weight is 451 g/mol. The van der Waals surface area contributed by atoms with Crippen molar-refractivity contribution in [2.45, 2.75) is 45.6 Å². The van der Waals surface area contributed by atoms with Crippen molar-refractivity contribution in [3.63, 3.8) is 0 Å². The summed E-state index contributed by atoms with van der Waals surface area (Å²) >= 11 is 0. The van der Waals surface area contributed by atoms with E-state index in [1.54, 1.807) is 39.0 Å². The maximum absolute atomic E-state index is 13.0. The molecule has 8 nitrogen and oxygen atoms in total. The van der Waals surface area contributed by atoms with Crippen LogP contribution in [-0.4, -0.2) is 38.7 Å². The highest BCUT2D eigenvalue weighted by molar-refractivity contribution is 7.92. The average Bonchev–Trinajstić information content (AvgIpc) is 2.70. The van der Waals surface area contributed by atoms with Gasteiger partial charge < -0.3 is 19.9 Å². The zero-order chi connectivity index (χ0) is 23.2. The quantitative estimate of drug-likeness (QED) is 0.510. The third kappa shape index (κ3) is 6.35. The van der Waals surface area contributed by atoms with E-state index in [4.69, 9.17) is 9.47 Å². The predicted molar refractivity (Wildman–Crippen MR) is 120 cm³/mol. The van der Waals surface area contributed by atoms with Crippen LogP contribution in [0.5, 0.6) is 11.5 Å². The van der Waals surface area contributed by atoms with Crippen LogP contribution in [0.15, 0.2) is 41.3 Å². The first-order valence-corrected chi connectivity index (χ1v) is 11.6. The Morgan fingerprint density at radius 3 is 2.19 bits per heavy atom. The SMILES string of the molecule is CCOc1cc(NS(=O)(=O)c2ccc(NC(=O)[C@@H](O)C(C)C)cc2OCC)ccc1C. The molecule has 0 aliphatic carbocycles. The van der Waals surface area contributed by atoms with Crippen molar-refractivity contribution in [1.29, 1.82) is 0 Å². The van der Waals surface area contributed by atoms with Gasteiger partial charge >= 0.3 is 0 Å². The van der Waals surface area contributed by atoms with Gasteiger partial charge in [-0.05, 0) is 50.5 Å². The number of amides is 1. The minimum absolute atomic E-state index is 0.0738. The molecule has 0 unspecified atom stereocenters. The zero-order valence-corrected chi connectivity index (χ0v) is 19.2. The van der Waals surface area contributed by atoms with Gasteiger partial charge in [-0.2, -0.15) is 0 Å². The number of sulfonamides is 1. The fraction of sp³-hybridized carbons (Fsp3) is 0.409. The molecule has 1 amide bonds. The second-order valence-electron chi connectivity index (χ2n) is 7.29. The Morgan fingerprint density at radius 2 is 1.58 bits per heavy atom. The Labute approximate surface area is 183 Å². The van der Waals surface area contributed by atoms with E-state index in [-0.39, 0.29) is 23.2 Å². The molecule has 3 N–H and O–H groups in total. The molecule has 0 saturated heterocycles. The van der Waals surface area contributed by atoms with Crippen LogP contribution in [-0.2, 0) is 14.8 Å². The lowest BCUT2D eigenvalue weighted by atomic mass is 10.1. The topological polar surface area (TPSA) is 114 Å². The van der Waals surface area contributed by atoms with E-state index in [2.05, 4.69) is 10.0 Å². The molecular formula is C22H30N2O6S. The maximum atomic E-state index is 13.0. The summed E-state index contributed by atoms with van der Waals surface area (Å²) in [5.41, 5.74) is 1.57. The number of ether oxygens (including phenoxy) is 2. The monoisotopic (exact) mass is 450 g/mol. The van der Waals surface area contributed by atoms with Crippen molar-refractivity contribution in [1.82, 2.24) is 0 Å². The van der Waals surface area contributed by atoms with Gasteiger partial charge in [0.25, 0.3) is 15.9 Å². The first-order chi connectivity index (χ1) is 14.6. The number of carbonyl (C=O) groups is 1. The molecule has 0 aromatic heterocycles. The Balaban J connectivity index is 2.33.